The Labute approximate surface area is 250 Å². The third-order valence-corrected chi connectivity index (χ3v) is 8.87. The SMILES string of the molecule is O=C(CC(C(=O)OCCO)C(c1cccc2c1POc1ccccc1-2)c1cc2ccccc2c2ccccc12)OCCO. The number of hydrogen-bond donors (Lipinski definition) is 2. The maximum Gasteiger partial charge on any atom is 0.310 e. The summed E-state index contributed by atoms with van der Waals surface area (Å²) in [5.41, 5.74) is 3.69. The molecule has 1 aliphatic heterocycles. The maximum atomic E-state index is 13.8. The first-order valence-electron chi connectivity index (χ1n) is 14.2. The first-order chi connectivity index (χ1) is 21.1. The molecule has 3 unspecified atom stereocenters. The van der Waals surface area contributed by atoms with Gasteiger partial charge in [-0.3, -0.25) is 9.59 Å². The largest absolute Gasteiger partial charge is 0.472 e. The number of rotatable bonds is 10. The van der Waals surface area contributed by atoms with Crippen LogP contribution in [0.4, 0.5) is 0 Å². The molecule has 0 spiro atoms. The van der Waals surface area contributed by atoms with Crippen molar-refractivity contribution in [2.45, 2.75) is 12.3 Å². The fourth-order valence-electron chi connectivity index (χ4n) is 5.98. The van der Waals surface area contributed by atoms with E-state index in [9.17, 15) is 19.8 Å². The lowest BCUT2D eigenvalue weighted by Gasteiger charge is -2.31. The molecule has 7 nitrogen and oxygen atoms in total. The molecule has 0 aliphatic carbocycles. The van der Waals surface area contributed by atoms with Crippen molar-refractivity contribution in [2.75, 3.05) is 26.4 Å². The predicted molar refractivity (Wildman–Crippen MR) is 168 cm³/mol. The molecule has 218 valence electrons. The topological polar surface area (TPSA) is 102 Å². The molecule has 2 N–H and O–H groups in total. The van der Waals surface area contributed by atoms with Gasteiger partial charge in [0.25, 0.3) is 0 Å². The Morgan fingerprint density at radius 2 is 1.40 bits per heavy atom. The van der Waals surface area contributed by atoms with Crippen molar-refractivity contribution < 1.29 is 33.8 Å². The van der Waals surface area contributed by atoms with E-state index in [0.29, 0.717) is 0 Å². The molecule has 0 fully saturated rings. The quantitative estimate of drug-likeness (QED) is 0.125. The Hall–Kier alpha value is -4.29. The molecule has 3 atom stereocenters. The third kappa shape index (κ3) is 5.72. The Balaban J connectivity index is 1.62. The lowest BCUT2D eigenvalue weighted by atomic mass is 9.76. The third-order valence-electron chi connectivity index (χ3n) is 7.79. The van der Waals surface area contributed by atoms with Crippen LogP contribution in [0.2, 0.25) is 0 Å². The molecule has 0 bridgehead atoms. The van der Waals surface area contributed by atoms with Crippen LogP contribution >= 0.6 is 8.81 Å². The molecule has 1 heterocycles. The molecule has 43 heavy (non-hydrogen) atoms. The van der Waals surface area contributed by atoms with E-state index in [4.69, 9.17) is 14.0 Å². The molecule has 0 amide bonds. The van der Waals surface area contributed by atoms with Gasteiger partial charge in [0.15, 0.2) is 0 Å². The second kappa shape index (κ2) is 12.9. The van der Waals surface area contributed by atoms with Gasteiger partial charge in [0.1, 0.15) is 27.8 Å². The summed E-state index contributed by atoms with van der Waals surface area (Å²) < 4.78 is 17.0. The molecule has 0 radical (unpaired) electrons. The van der Waals surface area contributed by atoms with Crippen LogP contribution < -0.4 is 9.83 Å². The highest BCUT2D eigenvalue weighted by molar-refractivity contribution is 7.43. The summed E-state index contributed by atoms with van der Waals surface area (Å²) in [5, 5.41) is 23.7. The zero-order valence-electron chi connectivity index (χ0n) is 23.4. The second-order valence-corrected chi connectivity index (χ2v) is 11.2. The van der Waals surface area contributed by atoms with Gasteiger partial charge in [-0.25, -0.2) is 0 Å². The van der Waals surface area contributed by atoms with Crippen LogP contribution in [0.3, 0.4) is 0 Å². The van der Waals surface area contributed by atoms with E-state index in [-0.39, 0.29) is 41.7 Å². The fourth-order valence-corrected chi connectivity index (χ4v) is 7.06. The van der Waals surface area contributed by atoms with Gasteiger partial charge in [-0.15, -0.1) is 0 Å². The van der Waals surface area contributed by atoms with Crippen molar-refractivity contribution in [3.63, 3.8) is 0 Å². The highest BCUT2D eigenvalue weighted by Crippen LogP contribution is 2.46. The first-order valence-corrected chi connectivity index (χ1v) is 15.1. The van der Waals surface area contributed by atoms with Crippen molar-refractivity contribution >= 4 is 47.6 Å². The lowest BCUT2D eigenvalue weighted by molar-refractivity contribution is -0.156. The van der Waals surface area contributed by atoms with E-state index in [0.717, 1.165) is 54.9 Å². The standard InChI is InChI=1S/C35H31O7P/c36-16-18-40-32(38)21-30(35(39)41-19-17-37)33(28-14-7-13-27-26-12-5-6-15-31(26)42-43-34(27)28)29-20-22-8-1-2-9-23(22)24-10-3-4-11-25(24)29/h1-15,20,30,33,36-37,43H,16-19,21H2. The van der Waals surface area contributed by atoms with E-state index in [1.54, 1.807) is 0 Å². The minimum absolute atomic E-state index is 0.0234. The zero-order valence-corrected chi connectivity index (χ0v) is 24.4. The van der Waals surface area contributed by atoms with Crippen LogP contribution in [-0.2, 0) is 19.1 Å². The number of para-hydroxylation sites is 1. The van der Waals surface area contributed by atoms with E-state index in [2.05, 4.69) is 24.3 Å². The molecule has 0 aromatic heterocycles. The van der Waals surface area contributed by atoms with Crippen LogP contribution in [0, 0.1) is 5.92 Å². The van der Waals surface area contributed by atoms with Crippen molar-refractivity contribution in [1.82, 2.24) is 0 Å². The number of carbonyl (C=O) groups is 2. The zero-order chi connectivity index (χ0) is 29.8. The van der Waals surface area contributed by atoms with Crippen LogP contribution in [0.15, 0.2) is 97.1 Å². The van der Waals surface area contributed by atoms with Crippen molar-refractivity contribution in [3.05, 3.63) is 108 Å². The summed E-state index contributed by atoms with van der Waals surface area (Å²) in [4.78, 5) is 26.9. The minimum Gasteiger partial charge on any atom is -0.472 e. The average molecular weight is 595 g/mol. The smallest absolute Gasteiger partial charge is 0.310 e. The van der Waals surface area contributed by atoms with Crippen molar-refractivity contribution in [2.24, 2.45) is 5.92 Å². The number of aliphatic hydroxyl groups excluding tert-OH is 2. The number of hydrogen-bond acceptors (Lipinski definition) is 7. The summed E-state index contributed by atoms with van der Waals surface area (Å²) >= 11 is 0. The van der Waals surface area contributed by atoms with Gasteiger partial charge in [-0.2, -0.15) is 0 Å². The van der Waals surface area contributed by atoms with E-state index in [1.807, 2.05) is 72.8 Å². The fraction of sp³-hybridized carbons (Fsp3) is 0.200. The second-order valence-electron chi connectivity index (χ2n) is 10.3. The number of fused-ring (bicyclic) bond motifs is 6. The van der Waals surface area contributed by atoms with Crippen LogP contribution in [0.25, 0.3) is 32.7 Å². The lowest BCUT2D eigenvalue weighted by Crippen LogP contribution is -2.32. The van der Waals surface area contributed by atoms with Gasteiger partial charge in [-0.05, 0) is 50.4 Å². The molecule has 0 saturated carbocycles. The molecule has 5 aromatic rings. The molecular weight excluding hydrogens is 563 g/mol. The highest BCUT2D eigenvalue weighted by atomic mass is 31.1. The predicted octanol–water partition coefficient (Wildman–Crippen LogP) is 5.48. The summed E-state index contributed by atoms with van der Waals surface area (Å²) in [7, 11) is -0.0234. The normalized spacial score (nSPS) is 14.0. The van der Waals surface area contributed by atoms with Crippen molar-refractivity contribution in [1.29, 1.82) is 0 Å². The van der Waals surface area contributed by atoms with Gasteiger partial charge in [0, 0.05) is 16.8 Å². The molecule has 5 aromatic carbocycles. The average Bonchev–Trinajstić information content (AvgIpc) is 3.05. The van der Waals surface area contributed by atoms with Crippen LogP contribution in [-0.4, -0.2) is 48.6 Å². The van der Waals surface area contributed by atoms with Crippen LogP contribution in [0.5, 0.6) is 5.75 Å². The monoisotopic (exact) mass is 594 g/mol. The van der Waals surface area contributed by atoms with Crippen molar-refractivity contribution in [3.8, 4) is 16.9 Å². The van der Waals surface area contributed by atoms with Gasteiger partial charge in [0.05, 0.1) is 25.6 Å². The van der Waals surface area contributed by atoms with E-state index < -0.39 is 23.8 Å². The number of esters is 2. The summed E-state index contributed by atoms with van der Waals surface area (Å²) in [6.07, 6.45) is -0.277. The number of ether oxygens (including phenoxy) is 2. The molecule has 6 rings (SSSR count). The Morgan fingerprint density at radius 3 is 2.21 bits per heavy atom. The Kier molecular flexibility index (Phi) is 8.66. The first kappa shape index (κ1) is 28.8. The molecule has 1 aliphatic rings. The summed E-state index contributed by atoms with van der Waals surface area (Å²) in [6, 6.07) is 32.1. The van der Waals surface area contributed by atoms with Gasteiger partial charge < -0.3 is 24.2 Å². The minimum atomic E-state index is -0.990. The Bertz CT molecular complexity index is 1800. The summed E-state index contributed by atoms with van der Waals surface area (Å²) in [6.45, 7) is -1.04. The number of carbonyl (C=O) groups excluding carboxylic acids is 2. The highest BCUT2D eigenvalue weighted by Gasteiger charge is 2.38. The Morgan fingerprint density at radius 1 is 0.721 bits per heavy atom. The molecule has 0 saturated heterocycles. The number of aliphatic hydroxyl groups is 2. The van der Waals surface area contributed by atoms with Gasteiger partial charge in [0.2, 0.25) is 0 Å². The number of benzene rings is 5. The maximum absolute atomic E-state index is 13.8. The molecular formula is C35H31O7P. The molecule has 8 heteroatoms. The summed E-state index contributed by atoms with van der Waals surface area (Å²) in [5.74, 6) is -2.06. The van der Waals surface area contributed by atoms with E-state index >= 15 is 0 Å². The van der Waals surface area contributed by atoms with Gasteiger partial charge >= 0.3 is 11.9 Å². The van der Waals surface area contributed by atoms with Gasteiger partial charge in [-0.1, -0.05) is 84.9 Å². The van der Waals surface area contributed by atoms with Crippen LogP contribution in [0.1, 0.15) is 23.5 Å². The van der Waals surface area contributed by atoms with E-state index in [1.165, 1.54) is 0 Å².